The van der Waals surface area contributed by atoms with Crippen LogP contribution < -0.4 is 0 Å². The van der Waals surface area contributed by atoms with Crippen molar-refractivity contribution in [2.75, 3.05) is 0 Å². The maximum atomic E-state index is 12.7. The topological polar surface area (TPSA) is 12.9 Å². The minimum absolute atomic E-state index is 0.0594. The third-order valence-electron chi connectivity index (χ3n) is 1.00. The van der Waals surface area contributed by atoms with Crippen molar-refractivity contribution in [3.8, 4) is 0 Å². The van der Waals surface area contributed by atoms with E-state index in [1.54, 1.807) is 22.6 Å². The molecule has 1 heterocycles. The number of halogens is 5. The molecule has 0 spiro atoms. The predicted octanol–water partition coefficient (Wildman–Crippen LogP) is 3.44. The first kappa shape index (κ1) is 11.0. The molecule has 0 atom stereocenters. The second-order valence-electron chi connectivity index (χ2n) is 1.99. The van der Waals surface area contributed by atoms with E-state index in [1.165, 1.54) is 0 Å². The zero-order valence-corrected chi connectivity index (χ0v) is 8.87. The van der Waals surface area contributed by atoms with E-state index in [1.807, 2.05) is 0 Å². The zero-order chi connectivity index (χ0) is 10.1. The summed E-state index contributed by atoms with van der Waals surface area (Å²) in [6, 6.07) is 0.812. The van der Waals surface area contributed by atoms with Crippen molar-refractivity contribution in [1.82, 2.24) is 4.98 Å². The number of rotatable bonds is 1. The summed E-state index contributed by atoms with van der Waals surface area (Å²) in [6.45, 7) is 0. The molecule has 1 nitrogen and oxygen atoms in total. The van der Waals surface area contributed by atoms with Gasteiger partial charge in [0.1, 0.15) is 3.70 Å². The molecule has 7 heteroatoms. The van der Waals surface area contributed by atoms with Crippen molar-refractivity contribution in [2.45, 2.75) is 10.4 Å². The van der Waals surface area contributed by atoms with E-state index in [9.17, 15) is 17.6 Å². The first-order valence-electron chi connectivity index (χ1n) is 2.95. The van der Waals surface area contributed by atoms with Gasteiger partial charge in [0, 0.05) is 11.1 Å². The molecular formula is C6H2F4INS. The average Bonchev–Trinajstić information content (AvgIpc) is 1.94. The molecular weight excluding hydrogens is 321 g/mol. The van der Waals surface area contributed by atoms with Gasteiger partial charge in [-0.25, -0.2) is 9.37 Å². The van der Waals surface area contributed by atoms with Gasteiger partial charge in [0.25, 0.3) is 0 Å². The quantitative estimate of drug-likeness (QED) is 0.340. The Morgan fingerprint density at radius 3 is 2.46 bits per heavy atom. The van der Waals surface area contributed by atoms with Gasteiger partial charge in [0.15, 0.2) is 5.82 Å². The number of alkyl halides is 3. The van der Waals surface area contributed by atoms with Crippen LogP contribution in [0.5, 0.6) is 0 Å². The molecule has 1 rings (SSSR count). The molecule has 0 radical (unpaired) electrons. The highest BCUT2D eigenvalue weighted by atomic mass is 127. The molecule has 0 unspecified atom stereocenters. The summed E-state index contributed by atoms with van der Waals surface area (Å²) in [5.41, 5.74) is -4.40. The maximum Gasteiger partial charge on any atom is 0.446 e. The Balaban J connectivity index is 2.86. The van der Waals surface area contributed by atoms with Crippen molar-refractivity contribution in [3.05, 3.63) is 21.8 Å². The summed E-state index contributed by atoms with van der Waals surface area (Å²) in [7, 11) is 0. The molecule has 0 saturated carbocycles. The highest BCUT2D eigenvalue weighted by Gasteiger charge is 2.29. The second kappa shape index (κ2) is 3.99. The smallest absolute Gasteiger partial charge is 0.246 e. The highest BCUT2D eigenvalue weighted by molar-refractivity contribution is 14.1. The highest BCUT2D eigenvalue weighted by Crippen LogP contribution is 2.36. The van der Waals surface area contributed by atoms with Gasteiger partial charge in [-0.1, -0.05) is 0 Å². The van der Waals surface area contributed by atoms with Gasteiger partial charge >= 0.3 is 5.51 Å². The normalized spacial score (nSPS) is 11.8. The predicted molar refractivity (Wildman–Crippen MR) is 48.8 cm³/mol. The van der Waals surface area contributed by atoms with Crippen LogP contribution in [0.25, 0.3) is 0 Å². The SMILES string of the molecule is Fc1cc(SC(F)(F)F)cnc1I. The van der Waals surface area contributed by atoms with Crippen LogP contribution in [0.2, 0.25) is 0 Å². The monoisotopic (exact) mass is 323 g/mol. The number of thioether (sulfide) groups is 1. The Labute approximate surface area is 89.1 Å². The van der Waals surface area contributed by atoms with Gasteiger partial charge in [-0.2, -0.15) is 13.2 Å². The molecule has 0 saturated heterocycles. The van der Waals surface area contributed by atoms with Crippen LogP contribution >= 0.6 is 34.4 Å². The lowest BCUT2D eigenvalue weighted by molar-refractivity contribution is -0.0328. The van der Waals surface area contributed by atoms with Gasteiger partial charge in [-0.3, -0.25) is 0 Å². The third kappa shape index (κ3) is 3.67. The minimum Gasteiger partial charge on any atom is -0.246 e. The number of hydrogen-bond acceptors (Lipinski definition) is 2. The molecule has 1 aromatic rings. The molecule has 0 aromatic carbocycles. The third-order valence-corrected chi connectivity index (χ3v) is 2.49. The fraction of sp³-hybridized carbons (Fsp3) is 0.167. The largest absolute Gasteiger partial charge is 0.446 e. The summed E-state index contributed by atoms with van der Waals surface area (Å²) >= 11 is 1.22. The van der Waals surface area contributed by atoms with Gasteiger partial charge in [-0.05, 0) is 40.4 Å². The van der Waals surface area contributed by atoms with Gasteiger partial charge in [-0.15, -0.1) is 0 Å². The number of hydrogen-bond donors (Lipinski definition) is 0. The first-order valence-corrected chi connectivity index (χ1v) is 4.85. The molecule has 0 aliphatic carbocycles. The zero-order valence-electron chi connectivity index (χ0n) is 5.90. The van der Waals surface area contributed by atoms with Crippen LogP contribution in [0.3, 0.4) is 0 Å². The van der Waals surface area contributed by atoms with E-state index in [0.29, 0.717) is 0 Å². The Bertz CT molecular complexity index is 314. The fourth-order valence-corrected chi connectivity index (χ4v) is 1.42. The first-order chi connectivity index (χ1) is 5.88. The van der Waals surface area contributed by atoms with Gasteiger partial charge in [0.2, 0.25) is 0 Å². The van der Waals surface area contributed by atoms with E-state index in [4.69, 9.17) is 0 Å². The lowest BCUT2D eigenvalue weighted by atomic mass is 10.5. The lowest BCUT2D eigenvalue weighted by Gasteiger charge is -2.04. The van der Waals surface area contributed by atoms with Crippen LogP contribution in [-0.4, -0.2) is 10.5 Å². The van der Waals surface area contributed by atoms with E-state index >= 15 is 0 Å². The standard InChI is InChI=1S/C6H2F4INS/c7-4-1-3(2-12-5(4)11)13-6(8,9)10/h1-2H. The Morgan fingerprint density at radius 1 is 1.38 bits per heavy atom. The van der Waals surface area contributed by atoms with E-state index in [2.05, 4.69) is 4.98 Å². The van der Waals surface area contributed by atoms with Crippen molar-refractivity contribution in [1.29, 1.82) is 0 Å². The fourth-order valence-electron chi connectivity index (χ4n) is 0.593. The molecule has 0 aliphatic rings. The molecule has 72 valence electrons. The van der Waals surface area contributed by atoms with E-state index < -0.39 is 11.3 Å². The number of pyridine rings is 1. The Morgan fingerprint density at radius 2 is 2.00 bits per heavy atom. The van der Waals surface area contributed by atoms with Crippen LogP contribution in [0.4, 0.5) is 17.6 Å². The minimum atomic E-state index is -4.40. The molecule has 0 N–H and O–H groups in total. The maximum absolute atomic E-state index is 12.7. The molecule has 0 bridgehead atoms. The molecule has 0 fully saturated rings. The van der Waals surface area contributed by atoms with Crippen molar-refractivity contribution in [2.24, 2.45) is 0 Å². The summed E-state index contributed by atoms with van der Waals surface area (Å²) in [4.78, 5) is 3.21. The molecule has 0 amide bonds. The van der Waals surface area contributed by atoms with Crippen LogP contribution in [0.15, 0.2) is 17.2 Å². The van der Waals surface area contributed by atoms with Crippen LogP contribution in [0.1, 0.15) is 0 Å². The van der Waals surface area contributed by atoms with Crippen molar-refractivity contribution < 1.29 is 17.6 Å². The molecule has 0 aliphatic heterocycles. The second-order valence-corrected chi connectivity index (χ2v) is 4.15. The van der Waals surface area contributed by atoms with Crippen molar-refractivity contribution in [3.63, 3.8) is 0 Å². The van der Waals surface area contributed by atoms with Gasteiger partial charge < -0.3 is 0 Å². The summed E-state index contributed by atoms with van der Waals surface area (Å²) in [5.74, 6) is -0.741. The number of aromatic nitrogens is 1. The Kier molecular flexibility index (Phi) is 3.38. The van der Waals surface area contributed by atoms with E-state index in [0.717, 1.165) is 12.3 Å². The van der Waals surface area contributed by atoms with Crippen LogP contribution in [0, 0.1) is 9.52 Å². The van der Waals surface area contributed by atoms with Crippen LogP contribution in [-0.2, 0) is 0 Å². The summed E-state index contributed by atoms with van der Waals surface area (Å²) < 4.78 is 48.1. The van der Waals surface area contributed by atoms with E-state index in [-0.39, 0.29) is 20.4 Å². The molecule has 1 aromatic heterocycles. The van der Waals surface area contributed by atoms with Gasteiger partial charge in [0.05, 0.1) is 0 Å². The number of nitrogens with zero attached hydrogens (tertiary/aromatic N) is 1. The van der Waals surface area contributed by atoms with Crippen molar-refractivity contribution >= 4 is 34.4 Å². The average molecular weight is 323 g/mol. The lowest BCUT2D eigenvalue weighted by Crippen LogP contribution is -2.00. The molecule has 13 heavy (non-hydrogen) atoms. The summed E-state index contributed by atoms with van der Waals surface area (Å²) in [6.07, 6.45) is 0.989. The summed E-state index contributed by atoms with van der Waals surface area (Å²) in [5, 5.41) is 0. The Hall–Kier alpha value is -0.0500.